The summed E-state index contributed by atoms with van der Waals surface area (Å²) in [7, 11) is 0. The number of amides is 1. The molecule has 0 fully saturated rings. The molecule has 0 bridgehead atoms. The zero-order valence-corrected chi connectivity index (χ0v) is 17.5. The van der Waals surface area contributed by atoms with E-state index in [0.717, 1.165) is 23.3 Å². The van der Waals surface area contributed by atoms with Gasteiger partial charge in [-0.2, -0.15) is 0 Å². The lowest BCUT2D eigenvalue weighted by Gasteiger charge is -2.08. The first-order valence-electron chi connectivity index (χ1n) is 8.83. The van der Waals surface area contributed by atoms with Gasteiger partial charge in [0.1, 0.15) is 12.4 Å². The molecular formula is C19H23N5O2S2. The normalized spacial score (nSPS) is 10.8. The van der Waals surface area contributed by atoms with Crippen molar-refractivity contribution >= 4 is 29.0 Å². The molecule has 28 heavy (non-hydrogen) atoms. The molecular weight excluding hydrogens is 394 g/mol. The lowest BCUT2D eigenvalue weighted by atomic mass is 10.1. The average Bonchev–Trinajstić information content (AvgIpc) is 3.28. The van der Waals surface area contributed by atoms with Crippen LogP contribution in [0.2, 0.25) is 0 Å². The number of thioether (sulfide) groups is 1. The molecule has 0 spiro atoms. The standard InChI is InChI=1S/C19H23N5O2S2/c1-13-8-14(2)10-15(9-13)26-11-17-22-23-19(24(17)20)28-12-18(25)21-6-5-16-4-3-7-27-16/h3-4,7-10H,5-6,11-12,20H2,1-2H3,(H,21,25). The Morgan fingerprint density at radius 1 is 1.29 bits per heavy atom. The van der Waals surface area contributed by atoms with Crippen LogP contribution >= 0.6 is 23.1 Å². The minimum absolute atomic E-state index is 0.0578. The Morgan fingerprint density at radius 2 is 2.07 bits per heavy atom. The average molecular weight is 418 g/mol. The van der Waals surface area contributed by atoms with E-state index in [1.54, 1.807) is 11.3 Å². The first-order chi connectivity index (χ1) is 13.5. The predicted octanol–water partition coefficient (Wildman–Crippen LogP) is 2.70. The summed E-state index contributed by atoms with van der Waals surface area (Å²) in [6.45, 7) is 4.86. The summed E-state index contributed by atoms with van der Waals surface area (Å²) in [4.78, 5) is 13.2. The molecule has 0 saturated carbocycles. The third kappa shape index (κ3) is 5.74. The van der Waals surface area contributed by atoms with Crippen LogP contribution in [0, 0.1) is 13.8 Å². The molecule has 2 heterocycles. The van der Waals surface area contributed by atoms with Gasteiger partial charge in [-0.15, -0.1) is 21.5 Å². The monoisotopic (exact) mass is 417 g/mol. The van der Waals surface area contributed by atoms with Gasteiger partial charge >= 0.3 is 0 Å². The van der Waals surface area contributed by atoms with Gasteiger partial charge in [0.25, 0.3) is 0 Å². The number of nitrogens with one attached hydrogen (secondary N) is 1. The number of aromatic nitrogens is 3. The summed E-state index contributed by atoms with van der Waals surface area (Å²) in [6.07, 6.45) is 0.834. The van der Waals surface area contributed by atoms with E-state index in [-0.39, 0.29) is 18.3 Å². The van der Waals surface area contributed by atoms with Crippen molar-refractivity contribution in [3.63, 3.8) is 0 Å². The molecule has 3 rings (SSSR count). The van der Waals surface area contributed by atoms with Crippen molar-refractivity contribution in [2.45, 2.75) is 32.0 Å². The van der Waals surface area contributed by atoms with Crippen LogP contribution in [0.15, 0.2) is 40.9 Å². The third-order valence-corrected chi connectivity index (χ3v) is 5.78. The van der Waals surface area contributed by atoms with Crippen LogP contribution < -0.4 is 15.9 Å². The van der Waals surface area contributed by atoms with Gasteiger partial charge < -0.3 is 15.9 Å². The summed E-state index contributed by atoms with van der Waals surface area (Å²) < 4.78 is 7.14. The molecule has 0 saturated heterocycles. The largest absolute Gasteiger partial charge is 0.486 e. The molecule has 0 radical (unpaired) electrons. The number of nitrogens with two attached hydrogens (primary N) is 1. The van der Waals surface area contributed by atoms with Crippen LogP contribution in [-0.4, -0.2) is 33.1 Å². The quantitative estimate of drug-likeness (QED) is 0.411. The number of ether oxygens (including phenoxy) is 1. The number of nitrogens with zero attached hydrogens (tertiary/aromatic N) is 3. The summed E-state index contributed by atoms with van der Waals surface area (Å²) in [5.74, 6) is 7.48. The first-order valence-corrected chi connectivity index (χ1v) is 10.7. The SMILES string of the molecule is Cc1cc(C)cc(OCc2nnc(SCC(=O)NCCc3cccs3)n2N)c1. The first kappa shape index (κ1) is 20.2. The van der Waals surface area contributed by atoms with Crippen LogP contribution in [0.5, 0.6) is 5.75 Å². The second kappa shape index (κ2) is 9.61. The summed E-state index contributed by atoms with van der Waals surface area (Å²) in [6, 6.07) is 10.1. The van der Waals surface area contributed by atoms with Crippen LogP contribution in [0.3, 0.4) is 0 Å². The number of hydrogen-bond donors (Lipinski definition) is 2. The van der Waals surface area contributed by atoms with Crippen LogP contribution in [-0.2, 0) is 17.8 Å². The topological polar surface area (TPSA) is 95.1 Å². The van der Waals surface area contributed by atoms with Gasteiger partial charge in [0.05, 0.1) is 5.75 Å². The number of rotatable bonds is 9. The fourth-order valence-electron chi connectivity index (χ4n) is 2.63. The highest BCUT2D eigenvalue weighted by molar-refractivity contribution is 7.99. The molecule has 7 nitrogen and oxygen atoms in total. The minimum atomic E-state index is -0.0578. The smallest absolute Gasteiger partial charge is 0.230 e. The Balaban J connectivity index is 1.45. The van der Waals surface area contributed by atoms with Crippen molar-refractivity contribution in [2.75, 3.05) is 18.1 Å². The van der Waals surface area contributed by atoms with E-state index in [1.165, 1.54) is 21.3 Å². The molecule has 2 aromatic heterocycles. The Morgan fingerprint density at radius 3 is 2.79 bits per heavy atom. The summed E-state index contributed by atoms with van der Waals surface area (Å²) in [5.41, 5.74) is 2.26. The second-order valence-electron chi connectivity index (χ2n) is 6.35. The van der Waals surface area contributed by atoms with E-state index < -0.39 is 0 Å². The Hall–Kier alpha value is -2.52. The maximum Gasteiger partial charge on any atom is 0.230 e. The molecule has 0 unspecified atom stereocenters. The number of carbonyl (C=O) groups excluding carboxylic acids is 1. The van der Waals surface area contributed by atoms with Crippen molar-refractivity contribution in [1.82, 2.24) is 20.2 Å². The van der Waals surface area contributed by atoms with Crippen molar-refractivity contribution in [1.29, 1.82) is 0 Å². The predicted molar refractivity (Wildman–Crippen MR) is 112 cm³/mol. The van der Waals surface area contributed by atoms with Gasteiger partial charge in [0.2, 0.25) is 11.1 Å². The Kier molecular flexibility index (Phi) is 6.94. The van der Waals surface area contributed by atoms with E-state index >= 15 is 0 Å². The summed E-state index contributed by atoms with van der Waals surface area (Å²) in [5, 5.41) is 13.5. The number of carbonyl (C=O) groups is 1. The van der Waals surface area contributed by atoms with E-state index in [1.807, 2.05) is 37.4 Å². The van der Waals surface area contributed by atoms with Crippen molar-refractivity contribution < 1.29 is 9.53 Å². The fraction of sp³-hybridized carbons (Fsp3) is 0.316. The number of hydrogen-bond acceptors (Lipinski definition) is 7. The number of nitrogen functional groups attached to an aromatic ring is 1. The van der Waals surface area contributed by atoms with Crippen molar-refractivity contribution in [2.24, 2.45) is 0 Å². The maximum atomic E-state index is 12.0. The van der Waals surface area contributed by atoms with Gasteiger partial charge in [0, 0.05) is 11.4 Å². The van der Waals surface area contributed by atoms with E-state index in [4.69, 9.17) is 10.6 Å². The van der Waals surface area contributed by atoms with Gasteiger partial charge in [-0.05, 0) is 55.0 Å². The highest BCUT2D eigenvalue weighted by atomic mass is 32.2. The van der Waals surface area contributed by atoms with Gasteiger partial charge in [-0.1, -0.05) is 23.9 Å². The zero-order chi connectivity index (χ0) is 19.9. The molecule has 0 aliphatic carbocycles. The highest BCUT2D eigenvalue weighted by Crippen LogP contribution is 2.19. The van der Waals surface area contributed by atoms with E-state index in [0.29, 0.717) is 17.5 Å². The summed E-state index contributed by atoms with van der Waals surface area (Å²) >= 11 is 2.94. The van der Waals surface area contributed by atoms with E-state index in [2.05, 4.69) is 27.6 Å². The van der Waals surface area contributed by atoms with E-state index in [9.17, 15) is 4.79 Å². The molecule has 3 aromatic rings. The highest BCUT2D eigenvalue weighted by Gasteiger charge is 2.13. The Labute approximate surface area is 172 Å². The molecule has 0 atom stereocenters. The second-order valence-corrected chi connectivity index (χ2v) is 8.32. The van der Waals surface area contributed by atoms with Crippen LogP contribution in [0.4, 0.5) is 0 Å². The number of benzene rings is 1. The zero-order valence-electron chi connectivity index (χ0n) is 15.8. The molecule has 9 heteroatoms. The fourth-order valence-corrected chi connectivity index (χ4v) is 4.04. The number of aryl methyl sites for hydroxylation is 2. The molecule has 3 N–H and O–H groups in total. The van der Waals surface area contributed by atoms with Gasteiger partial charge in [0.15, 0.2) is 5.82 Å². The lowest BCUT2D eigenvalue weighted by molar-refractivity contribution is -0.118. The molecule has 1 amide bonds. The third-order valence-electron chi connectivity index (χ3n) is 3.90. The maximum absolute atomic E-state index is 12.0. The van der Waals surface area contributed by atoms with Gasteiger partial charge in [-0.3, -0.25) is 4.79 Å². The molecule has 0 aliphatic heterocycles. The molecule has 0 aliphatic rings. The van der Waals surface area contributed by atoms with Crippen molar-refractivity contribution in [3.05, 3.63) is 57.5 Å². The number of thiophene rings is 1. The minimum Gasteiger partial charge on any atom is -0.486 e. The Bertz CT molecular complexity index is 904. The van der Waals surface area contributed by atoms with Gasteiger partial charge in [-0.25, -0.2) is 4.68 Å². The lowest BCUT2D eigenvalue weighted by Crippen LogP contribution is -2.27. The molecule has 1 aromatic carbocycles. The van der Waals surface area contributed by atoms with Crippen molar-refractivity contribution in [3.8, 4) is 5.75 Å². The molecule has 148 valence electrons. The van der Waals surface area contributed by atoms with Crippen LogP contribution in [0.1, 0.15) is 21.8 Å². The van der Waals surface area contributed by atoms with Crippen LogP contribution in [0.25, 0.3) is 0 Å².